The first kappa shape index (κ1) is 17.7. The summed E-state index contributed by atoms with van der Waals surface area (Å²) in [6.45, 7) is 7.95. The summed E-state index contributed by atoms with van der Waals surface area (Å²) in [6, 6.07) is 1.78. The predicted molar refractivity (Wildman–Crippen MR) is 99.1 cm³/mol. The molecule has 26 heavy (non-hydrogen) atoms. The maximum absolute atomic E-state index is 12.3. The molecule has 140 valence electrons. The second-order valence-electron chi connectivity index (χ2n) is 6.83. The lowest BCUT2D eigenvalue weighted by molar-refractivity contribution is 0.120. The summed E-state index contributed by atoms with van der Waals surface area (Å²) >= 11 is 1.87. The lowest BCUT2D eigenvalue weighted by atomic mass is 10.2. The molecule has 0 amide bonds. The maximum atomic E-state index is 12.3. The number of rotatable bonds is 5. The Balaban J connectivity index is 1.28. The molecule has 2 aliphatic heterocycles. The quantitative estimate of drug-likeness (QED) is 0.748. The van der Waals surface area contributed by atoms with E-state index in [1.807, 2.05) is 18.7 Å². The molecule has 0 saturated carbocycles. The molecule has 0 radical (unpaired) electrons. The fourth-order valence-corrected chi connectivity index (χ4v) is 4.38. The van der Waals surface area contributed by atoms with E-state index in [2.05, 4.69) is 25.0 Å². The lowest BCUT2D eigenvalue weighted by Crippen LogP contribution is -2.47. The summed E-state index contributed by atoms with van der Waals surface area (Å²) < 4.78 is 6.67. The van der Waals surface area contributed by atoms with Crippen LogP contribution in [0, 0.1) is 6.92 Å². The van der Waals surface area contributed by atoms with E-state index in [1.54, 1.807) is 10.7 Å². The number of aromatic nitrogens is 4. The summed E-state index contributed by atoms with van der Waals surface area (Å²) in [4.78, 5) is 21.3. The Morgan fingerprint density at radius 3 is 2.77 bits per heavy atom. The fraction of sp³-hybridized carbons (Fsp3) is 0.647. The Morgan fingerprint density at radius 2 is 2.00 bits per heavy atom. The van der Waals surface area contributed by atoms with Crippen LogP contribution in [0.1, 0.15) is 23.0 Å². The molecule has 0 atom stereocenters. The molecule has 0 spiro atoms. The molecule has 9 heteroatoms. The van der Waals surface area contributed by atoms with Crippen LogP contribution >= 0.6 is 11.8 Å². The third-order valence-corrected chi connectivity index (χ3v) is 5.94. The number of piperazine rings is 1. The van der Waals surface area contributed by atoms with Crippen molar-refractivity contribution in [2.45, 2.75) is 32.2 Å². The molecule has 4 rings (SSSR count). The van der Waals surface area contributed by atoms with E-state index < -0.39 is 0 Å². The van der Waals surface area contributed by atoms with Crippen molar-refractivity contribution in [3.63, 3.8) is 0 Å². The van der Waals surface area contributed by atoms with Gasteiger partial charge in [-0.3, -0.25) is 14.6 Å². The van der Waals surface area contributed by atoms with E-state index in [0.29, 0.717) is 12.4 Å². The minimum absolute atomic E-state index is 0.0253. The summed E-state index contributed by atoms with van der Waals surface area (Å²) in [6.07, 6.45) is 0.967. The lowest BCUT2D eigenvalue weighted by Gasteiger charge is -2.34. The normalized spacial score (nSPS) is 18.8. The van der Waals surface area contributed by atoms with Gasteiger partial charge in [0.1, 0.15) is 0 Å². The third-order valence-electron chi connectivity index (χ3n) is 4.93. The average molecular weight is 376 g/mol. The second-order valence-corrected chi connectivity index (χ2v) is 7.93. The number of fused-ring (bicyclic) bond motifs is 1. The minimum atomic E-state index is 0.0253. The minimum Gasteiger partial charge on any atom is -0.340 e. The van der Waals surface area contributed by atoms with Crippen molar-refractivity contribution in [3.05, 3.63) is 39.4 Å². The second kappa shape index (κ2) is 7.89. The van der Waals surface area contributed by atoms with Gasteiger partial charge in [0.05, 0.1) is 18.8 Å². The first-order chi connectivity index (χ1) is 12.7. The molecule has 0 N–H and O–H groups in total. The topological polar surface area (TPSA) is 80.3 Å². The molecular weight excluding hydrogens is 352 g/mol. The highest BCUT2D eigenvalue weighted by Gasteiger charge is 2.19. The molecule has 0 bridgehead atoms. The largest absolute Gasteiger partial charge is 0.340 e. The Kier molecular flexibility index (Phi) is 5.37. The third kappa shape index (κ3) is 4.16. The van der Waals surface area contributed by atoms with Gasteiger partial charge in [-0.2, -0.15) is 21.8 Å². The smallest absolute Gasteiger partial charge is 0.267 e. The molecular formula is C17H24N6O2S. The highest BCUT2D eigenvalue weighted by atomic mass is 32.2. The van der Waals surface area contributed by atoms with Crippen molar-refractivity contribution >= 4 is 11.8 Å². The molecule has 2 aromatic rings. The van der Waals surface area contributed by atoms with Gasteiger partial charge in [-0.1, -0.05) is 5.16 Å². The number of aryl methyl sites for hydroxylation is 2. The van der Waals surface area contributed by atoms with E-state index in [0.717, 1.165) is 74.3 Å². The van der Waals surface area contributed by atoms with Crippen LogP contribution in [-0.2, 0) is 25.3 Å². The van der Waals surface area contributed by atoms with Crippen LogP contribution < -0.4 is 5.56 Å². The van der Waals surface area contributed by atoms with E-state index in [4.69, 9.17) is 4.52 Å². The van der Waals surface area contributed by atoms with Crippen molar-refractivity contribution in [1.82, 2.24) is 29.7 Å². The van der Waals surface area contributed by atoms with Crippen molar-refractivity contribution in [1.29, 1.82) is 0 Å². The average Bonchev–Trinajstić information content (AvgIpc) is 3.06. The molecule has 2 aliphatic rings. The number of thioether (sulfide) groups is 1. The molecule has 0 aromatic carbocycles. The fourth-order valence-electron chi connectivity index (χ4n) is 3.43. The van der Waals surface area contributed by atoms with Crippen LogP contribution in [-0.4, -0.2) is 68.2 Å². The molecule has 0 unspecified atom stereocenters. The summed E-state index contributed by atoms with van der Waals surface area (Å²) in [5.41, 5.74) is 2.24. The Hall–Kier alpha value is -1.71. The number of hydrogen-bond acceptors (Lipinski definition) is 8. The number of hydrogen-bond donors (Lipinski definition) is 0. The zero-order valence-electron chi connectivity index (χ0n) is 15.1. The Morgan fingerprint density at radius 1 is 1.19 bits per heavy atom. The van der Waals surface area contributed by atoms with Gasteiger partial charge in [0.2, 0.25) is 5.89 Å². The monoisotopic (exact) mass is 376 g/mol. The SMILES string of the molecule is Cc1nc(CN2CCN(CCn3nc4c(cc3=O)CSCC4)CC2)no1. The van der Waals surface area contributed by atoms with E-state index in [9.17, 15) is 4.79 Å². The van der Waals surface area contributed by atoms with Crippen LogP contribution in [0.4, 0.5) is 0 Å². The van der Waals surface area contributed by atoms with Crippen molar-refractivity contribution in [2.75, 3.05) is 38.5 Å². The molecule has 1 fully saturated rings. The first-order valence-corrected chi connectivity index (χ1v) is 10.2. The zero-order chi connectivity index (χ0) is 17.9. The van der Waals surface area contributed by atoms with Crippen molar-refractivity contribution in [2.24, 2.45) is 0 Å². The van der Waals surface area contributed by atoms with Crippen LogP contribution in [0.15, 0.2) is 15.4 Å². The first-order valence-electron chi connectivity index (χ1n) is 9.09. The highest BCUT2D eigenvalue weighted by Crippen LogP contribution is 2.21. The van der Waals surface area contributed by atoms with Gasteiger partial charge in [-0.25, -0.2) is 4.68 Å². The standard InChI is InChI=1S/C17H24N6O2S/c1-13-18-16(20-25-13)11-22-5-3-21(4-6-22)7-8-23-17(24)10-14-12-26-9-2-15(14)19-23/h10H,2-9,11-12H2,1H3. The molecule has 1 saturated heterocycles. The zero-order valence-corrected chi connectivity index (χ0v) is 15.9. The van der Waals surface area contributed by atoms with E-state index >= 15 is 0 Å². The van der Waals surface area contributed by atoms with Gasteiger partial charge in [0, 0.05) is 57.9 Å². The molecule has 2 aromatic heterocycles. The van der Waals surface area contributed by atoms with Crippen LogP contribution in [0.5, 0.6) is 0 Å². The molecule has 8 nitrogen and oxygen atoms in total. The van der Waals surface area contributed by atoms with Crippen LogP contribution in [0.3, 0.4) is 0 Å². The van der Waals surface area contributed by atoms with Gasteiger partial charge in [0.25, 0.3) is 5.56 Å². The van der Waals surface area contributed by atoms with Crippen LogP contribution in [0.2, 0.25) is 0 Å². The summed E-state index contributed by atoms with van der Waals surface area (Å²) in [7, 11) is 0. The van der Waals surface area contributed by atoms with Gasteiger partial charge in [-0.15, -0.1) is 0 Å². The van der Waals surface area contributed by atoms with E-state index in [1.165, 1.54) is 0 Å². The molecule has 4 heterocycles. The Labute approximate surface area is 156 Å². The van der Waals surface area contributed by atoms with Gasteiger partial charge >= 0.3 is 0 Å². The molecule has 0 aliphatic carbocycles. The van der Waals surface area contributed by atoms with Crippen LogP contribution in [0.25, 0.3) is 0 Å². The predicted octanol–water partition coefficient (Wildman–Crippen LogP) is 0.542. The Bertz CT molecular complexity index is 812. The maximum Gasteiger partial charge on any atom is 0.267 e. The van der Waals surface area contributed by atoms with Crippen molar-refractivity contribution in [3.8, 4) is 0 Å². The summed E-state index contributed by atoms with van der Waals surface area (Å²) in [5, 5.41) is 8.56. The van der Waals surface area contributed by atoms with E-state index in [-0.39, 0.29) is 5.56 Å². The van der Waals surface area contributed by atoms with Gasteiger partial charge in [-0.05, 0) is 11.3 Å². The highest BCUT2D eigenvalue weighted by molar-refractivity contribution is 7.98. The summed E-state index contributed by atoms with van der Waals surface area (Å²) in [5.74, 6) is 3.37. The van der Waals surface area contributed by atoms with Gasteiger partial charge in [0.15, 0.2) is 5.82 Å². The number of nitrogens with zero attached hydrogens (tertiary/aromatic N) is 6. The van der Waals surface area contributed by atoms with Crippen molar-refractivity contribution < 1.29 is 4.52 Å². The van der Waals surface area contributed by atoms with Gasteiger partial charge < -0.3 is 4.52 Å².